The molecule has 0 saturated heterocycles. The smallest absolute Gasteiger partial charge is 0.308 e. The molecule has 20 heavy (non-hydrogen) atoms. The quantitative estimate of drug-likeness (QED) is 0.516. The van der Waals surface area contributed by atoms with Crippen molar-refractivity contribution in [2.45, 2.75) is 6.92 Å². The van der Waals surface area contributed by atoms with Gasteiger partial charge in [-0.2, -0.15) is 4.99 Å². The van der Waals surface area contributed by atoms with Crippen LogP contribution in [0.5, 0.6) is 11.5 Å². The lowest BCUT2D eigenvalue weighted by atomic mass is 10.2. The molecule has 0 aromatic heterocycles. The molecule has 0 aliphatic carbocycles. The predicted octanol–water partition coefficient (Wildman–Crippen LogP) is 1.55. The topological polar surface area (TPSA) is 91.0 Å². The number of nitrogens with two attached hydrogens (primary N) is 1. The van der Waals surface area contributed by atoms with E-state index < -0.39 is 5.97 Å². The molecule has 1 aromatic rings. The highest BCUT2D eigenvalue weighted by Crippen LogP contribution is 2.31. The van der Waals surface area contributed by atoms with Gasteiger partial charge in [-0.1, -0.05) is 6.07 Å². The Balaban J connectivity index is 2.29. The third kappa shape index (κ3) is 3.18. The van der Waals surface area contributed by atoms with Crippen molar-refractivity contribution in [3.8, 4) is 11.5 Å². The summed E-state index contributed by atoms with van der Waals surface area (Å²) in [4.78, 5) is 26.5. The van der Waals surface area contributed by atoms with Gasteiger partial charge in [-0.3, -0.25) is 9.59 Å². The lowest BCUT2D eigenvalue weighted by Gasteiger charge is -2.08. The van der Waals surface area contributed by atoms with Gasteiger partial charge in [0.25, 0.3) is 5.91 Å². The molecule has 104 valence electrons. The number of carbonyl (C=O) groups excluding carboxylic acids is 2. The fraction of sp³-hybridized carbons (Fsp3) is 0.154. The second-order valence-electron chi connectivity index (χ2n) is 3.87. The molecular formula is C13H12N2O4S. The van der Waals surface area contributed by atoms with Crippen LogP contribution in [-0.4, -0.2) is 24.2 Å². The Morgan fingerprint density at radius 1 is 1.40 bits per heavy atom. The first-order chi connectivity index (χ1) is 9.49. The van der Waals surface area contributed by atoms with Gasteiger partial charge in [0.15, 0.2) is 16.7 Å². The zero-order chi connectivity index (χ0) is 14.7. The minimum Gasteiger partial charge on any atom is -0.493 e. The molecule has 1 heterocycles. The Kier molecular flexibility index (Phi) is 4.09. The fourth-order valence-electron chi connectivity index (χ4n) is 1.59. The van der Waals surface area contributed by atoms with Crippen LogP contribution in [0.25, 0.3) is 6.08 Å². The normalized spacial score (nSPS) is 16.2. The van der Waals surface area contributed by atoms with E-state index in [4.69, 9.17) is 15.2 Å². The number of ether oxygens (including phenoxy) is 2. The Morgan fingerprint density at radius 2 is 2.15 bits per heavy atom. The summed E-state index contributed by atoms with van der Waals surface area (Å²) < 4.78 is 10.1. The van der Waals surface area contributed by atoms with Crippen LogP contribution in [0.1, 0.15) is 12.5 Å². The van der Waals surface area contributed by atoms with Crippen LogP contribution in [0.4, 0.5) is 0 Å². The molecule has 1 aromatic carbocycles. The van der Waals surface area contributed by atoms with E-state index in [-0.39, 0.29) is 11.1 Å². The number of carbonyl (C=O) groups is 2. The van der Waals surface area contributed by atoms with Gasteiger partial charge in [-0.05, 0) is 35.5 Å². The molecule has 1 aliphatic heterocycles. The number of amidine groups is 1. The Morgan fingerprint density at radius 3 is 2.70 bits per heavy atom. The van der Waals surface area contributed by atoms with E-state index >= 15 is 0 Å². The summed E-state index contributed by atoms with van der Waals surface area (Å²) in [6.45, 7) is 1.31. The van der Waals surface area contributed by atoms with Gasteiger partial charge in [0, 0.05) is 6.92 Å². The highest BCUT2D eigenvalue weighted by Gasteiger charge is 2.19. The van der Waals surface area contributed by atoms with Gasteiger partial charge >= 0.3 is 5.97 Å². The molecule has 0 bridgehead atoms. The SMILES string of the molecule is COc1cc(/C=C2\SC(N)=NC2=O)ccc1OC(C)=O. The highest BCUT2D eigenvalue weighted by molar-refractivity contribution is 8.18. The van der Waals surface area contributed by atoms with Crippen LogP contribution in [0.15, 0.2) is 28.1 Å². The molecule has 2 N–H and O–H groups in total. The molecule has 0 saturated carbocycles. The van der Waals surface area contributed by atoms with Crippen molar-refractivity contribution in [1.82, 2.24) is 0 Å². The highest BCUT2D eigenvalue weighted by atomic mass is 32.2. The molecule has 0 unspecified atom stereocenters. The van der Waals surface area contributed by atoms with Gasteiger partial charge in [0.05, 0.1) is 12.0 Å². The monoisotopic (exact) mass is 292 g/mol. The van der Waals surface area contributed by atoms with Crippen LogP contribution in [-0.2, 0) is 9.59 Å². The molecule has 6 nitrogen and oxygen atoms in total. The Bertz CT molecular complexity index is 637. The van der Waals surface area contributed by atoms with E-state index in [1.54, 1.807) is 24.3 Å². The number of benzene rings is 1. The summed E-state index contributed by atoms with van der Waals surface area (Å²) in [5, 5.41) is 0.227. The maximum absolute atomic E-state index is 11.5. The Hall–Kier alpha value is -2.28. The van der Waals surface area contributed by atoms with Crippen molar-refractivity contribution in [2.75, 3.05) is 7.11 Å². The predicted molar refractivity (Wildman–Crippen MR) is 76.5 cm³/mol. The van der Waals surface area contributed by atoms with Crippen LogP contribution < -0.4 is 15.2 Å². The van der Waals surface area contributed by atoms with Crippen LogP contribution in [0.2, 0.25) is 0 Å². The van der Waals surface area contributed by atoms with Gasteiger partial charge < -0.3 is 15.2 Å². The van der Waals surface area contributed by atoms with Crippen molar-refractivity contribution < 1.29 is 19.1 Å². The van der Waals surface area contributed by atoms with E-state index in [9.17, 15) is 9.59 Å². The molecule has 0 spiro atoms. The lowest BCUT2D eigenvalue weighted by Crippen LogP contribution is -2.03. The van der Waals surface area contributed by atoms with E-state index in [0.29, 0.717) is 16.4 Å². The molecule has 0 fully saturated rings. The summed E-state index contributed by atoms with van der Waals surface area (Å²) in [5.41, 5.74) is 6.19. The maximum Gasteiger partial charge on any atom is 0.308 e. The molecule has 2 rings (SSSR count). The average Bonchev–Trinajstić information content (AvgIpc) is 2.69. The number of hydrogen-bond acceptors (Lipinski definition) is 6. The number of aliphatic imine (C=N–C) groups is 1. The van der Waals surface area contributed by atoms with Crippen molar-refractivity contribution in [2.24, 2.45) is 10.7 Å². The molecule has 1 amide bonds. The van der Waals surface area contributed by atoms with E-state index in [2.05, 4.69) is 4.99 Å². The average molecular weight is 292 g/mol. The van der Waals surface area contributed by atoms with E-state index in [1.807, 2.05) is 0 Å². The lowest BCUT2D eigenvalue weighted by molar-refractivity contribution is -0.132. The van der Waals surface area contributed by atoms with Crippen molar-refractivity contribution in [3.05, 3.63) is 28.7 Å². The van der Waals surface area contributed by atoms with Gasteiger partial charge in [-0.15, -0.1) is 0 Å². The second-order valence-corrected chi connectivity index (χ2v) is 4.93. The number of thioether (sulfide) groups is 1. The third-order valence-electron chi connectivity index (χ3n) is 2.38. The maximum atomic E-state index is 11.5. The minimum atomic E-state index is -0.433. The van der Waals surface area contributed by atoms with E-state index in [0.717, 1.165) is 17.3 Å². The standard InChI is InChI=1S/C13H12N2O4S/c1-7(16)19-9-4-3-8(5-10(9)18-2)6-11-12(17)15-13(14)20-11/h3-6H,1-2H3,(H2,14,15,17)/b11-6-. The molecule has 1 aliphatic rings. The summed E-state index contributed by atoms with van der Waals surface area (Å²) in [7, 11) is 1.47. The van der Waals surface area contributed by atoms with Crippen LogP contribution >= 0.6 is 11.8 Å². The summed E-state index contributed by atoms with van der Waals surface area (Å²) in [6, 6.07) is 4.96. The molecule has 7 heteroatoms. The molecule has 0 atom stereocenters. The first-order valence-electron chi connectivity index (χ1n) is 5.64. The fourth-order valence-corrected chi connectivity index (χ4v) is 2.27. The molecule has 0 radical (unpaired) electrons. The van der Waals surface area contributed by atoms with Gasteiger partial charge in [0.2, 0.25) is 0 Å². The van der Waals surface area contributed by atoms with Crippen molar-refractivity contribution in [3.63, 3.8) is 0 Å². The zero-order valence-corrected chi connectivity index (χ0v) is 11.7. The van der Waals surface area contributed by atoms with E-state index in [1.165, 1.54) is 14.0 Å². The number of nitrogens with zero attached hydrogens (tertiary/aromatic N) is 1. The molecular weight excluding hydrogens is 280 g/mol. The second kappa shape index (κ2) is 5.79. The summed E-state index contributed by atoms with van der Waals surface area (Å²) >= 11 is 1.11. The van der Waals surface area contributed by atoms with Gasteiger partial charge in [-0.25, -0.2) is 0 Å². The number of methoxy groups -OCH3 is 1. The Labute approximate surface area is 119 Å². The summed E-state index contributed by atoms with van der Waals surface area (Å²) in [5.74, 6) is -0.0742. The number of hydrogen-bond donors (Lipinski definition) is 1. The summed E-state index contributed by atoms with van der Waals surface area (Å²) in [6.07, 6.45) is 1.65. The number of rotatable bonds is 3. The van der Waals surface area contributed by atoms with Crippen LogP contribution in [0.3, 0.4) is 0 Å². The minimum absolute atomic E-state index is 0.227. The first-order valence-corrected chi connectivity index (χ1v) is 6.45. The number of esters is 1. The third-order valence-corrected chi connectivity index (χ3v) is 3.19. The van der Waals surface area contributed by atoms with Gasteiger partial charge in [0.1, 0.15) is 0 Å². The largest absolute Gasteiger partial charge is 0.493 e. The zero-order valence-electron chi connectivity index (χ0n) is 10.9. The first kappa shape index (κ1) is 14.1. The van der Waals surface area contributed by atoms with Crippen LogP contribution in [0, 0.1) is 0 Å². The number of amides is 1. The van der Waals surface area contributed by atoms with Crippen molar-refractivity contribution >= 4 is 34.9 Å². The van der Waals surface area contributed by atoms with Crippen molar-refractivity contribution in [1.29, 1.82) is 0 Å².